The van der Waals surface area contributed by atoms with Gasteiger partial charge in [0.25, 0.3) is 0 Å². The molecule has 4 heteroatoms. The highest BCUT2D eigenvalue weighted by Crippen LogP contribution is 2.26. The van der Waals surface area contributed by atoms with Crippen LogP contribution in [0.3, 0.4) is 0 Å². The Labute approximate surface area is 84.1 Å². The number of hydrogen-bond donors (Lipinski definition) is 0. The number of aromatic nitrogens is 1. The van der Waals surface area contributed by atoms with Gasteiger partial charge in [0.05, 0.1) is 5.02 Å². The highest BCUT2D eigenvalue weighted by Gasteiger charge is 2.06. The molecule has 0 aliphatic rings. The molecule has 2 aromatic rings. The summed E-state index contributed by atoms with van der Waals surface area (Å²) < 4.78 is 13.2. The molecule has 0 aliphatic carbocycles. The first-order valence-corrected chi connectivity index (χ1v) is 4.34. The molecule has 1 heterocycles. The van der Waals surface area contributed by atoms with Gasteiger partial charge in [0, 0.05) is 5.39 Å². The van der Waals surface area contributed by atoms with Gasteiger partial charge in [-0.1, -0.05) is 35.3 Å². The van der Waals surface area contributed by atoms with Crippen molar-refractivity contribution in [1.29, 1.82) is 0 Å². The van der Waals surface area contributed by atoms with E-state index in [1.807, 2.05) is 0 Å². The Bertz CT molecular complexity index is 470. The maximum atomic E-state index is 13.2. The fourth-order valence-electron chi connectivity index (χ4n) is 1.14. The fourth-order valence-corrected chi connectivity index (χ4v) is 1.65. The summed E-state index contributed by atoms with van der Waals surface area (Å²) in [6.07, 6.45) is 0. The molecule has 1 nitrogen and oxygen atoms in total. The van der Waals surface area contributed by atoms with Crippen LogP contribution >= 0.6 is 23.2 Å². The second-order valence-electron chi connectivity index (χ2n) is 2.56. The zero-order valence-corrected chi connectivity index (χ0v) is 7.90. The number of para-hydroxylation sites is 1. The van der Waals surface area contributed by atoms with Crippen LogP contribution in [0.2, 0.25) is 10.2 Å². The number of hydrogen-bond acceptors (Lipinski definition) is 1. The predicted octanol–water partition coefficient (Wildman–Crippen LogP) is 3.68. The molecule has 13 heavy (non-hydrogen) atoms. The van der Waals surface area contributed by atoms with Gasteiger partial charge in [0.15, 0.2) is 0 Å². The van der Waals surface area contributed by atoms with Crippen LogP contribution in [0, 0.1) is 5.82 Å². The Hall–Kier alpha value is -0.860. The summed E-state index contributed by atoms with van der Waals surface area (Å²) >= 11 is 11.5. The molecule has 0 spiro atoms. The summed E-state index contributed by atoms with van der Waals surface area (Å²) in [4.78, 5) is 3.84. The van der Waals surface area contributed by atoms with Crippen molar-refractivity contribution in [3.8, 4) is 0 Å². The van der Waals surface area contributed by atoms with Gasteiger partial charge in [0.2, 0.25) is 0 Å². The second-order valence-corrected chi connectivity index (χ2v) is 3.36. The Morgan fingerprint density at radius 2 is 2.00 bits per heavy atom. The maximum Gasteiger partial charge on any atom is 0.149 e. The van der Waals surface area contributed by atoms with Crippen molar-refractivity contribution in [2.45, 2.75) is 0 Å². The summed E-state index contributed by atoms with van der Waals surface area (Å²) in [5.74, 6) is -0.415. The van der Waals surface area contributed by atoms with Crippen molar-refractivity contribution in [3.63, 3.8) is 0 Å². The van der Waals surface area contributed by atoms with E-state index in [4.69, 9.17) is 23.2 Å². The molecule has 0 aliphatic heterocycles. The summed E-state index contributed by atoms with van der Waals surface area (Å²) in [6, 6.07) is 6.09. The summed E-state index contributed by atoms with van der Waals surface area (Å²) in [5, 5.41) is 1.18. The molecule has 0 saturated heterocycles. The van der Waals surface area contributed by atoms with Crippen LogP contribution in [0.25, 0.3) is 10.9 Å². The quantitative estimate of drug-likeness (QED) is 0.612. The third kappa shape index (κ3) is 1.47. The highest BCUT2D eigenvalue weighted by molar-refractivity contribution is 6.37. The van der Waals surface area contributed by atoms with Gasteiger partial charge in [-0.25, -0.2) is 9.37 Å². The third-order valence-electron chi connectivity index (χ3n) is 1.71. The Morgan fingerprint density at radius 3 is 2.77 bits per heavy atom. The van der Waals surface area contributed by atoms with Crippen LogP contribution in [-0.2, 0) is 0 Å². The molecule has 0 unspecified atom stereocenters. The predicted molar refractivity (Wildman–Crippen MR) is 51.7 cm³/mol. The van der Waals surface area contributed by atoms with E-state index in [1.165, 1.54) is 12.1 Å². The lowest BCUT2D eigenvalue weighted by atomic mass is 10.2. The number of nitrogens with zero attached hydrogens (tertiary/aromatic N) is 1. The molecule has 66 valence electrons. The number of halogens is 3. The average molecular weight is 216 g/mol. The standard InChI is InChI=1S/C9H4Cl2FN/c10-6-4-8(11)13-9-5(6)2-1-3-7(9)12/h1-4H. The van der Waals surface area contributed by atoms with Crippen LogP contribution in [0.15, 0.2) is 24.3 Å². The van der Waals surface area contributed by atoms with Crippen LogP contribution in [0.1, 0.15) is 0 Å². The van der Waals surface area contributed by atoms with Crippen molar-refractivity contribution in [2.75, 3.05) is 0 Å². The lowest BCUT2D eigenvalue weighted by Gasteiger charge is -2.00. The molecular weight excluding hydrogens is 212 g/mol. The second kappa shape index (κ2) is 3.13. The van der Waals surface area contributed by atoms with Crippen LogP contribution in [0.5, 0.6) is 0 Å². The molecule has 0 radical (unpaired) electrons. The van der Waals surface area contributed by atoms with E-state index < -0.39 is 5.82 Å². The van der Waals surface area contributed by atoms with Crippen LogP contribution < -0.4 is 0 Å². The first-order chi connectivity index (χ1) is 6.18. The molecule has 1 aromatic heterocycles. The topological polar surface area (TPSA) is 12.9 Å². The minimum Gasteiger partial charge on any atom is -0.233 e. The van der Waals surface area contributed by atoms with Gasteiger partial charge in [0.1, 0.15) is 16.5 Å². The van der Waals surface area contributed by atoms with Crippen molar-refractivity contribution in [2.24, 2.45) is 0 Å². The van der Waals surface area contributed by atoms with Crippen molar-refractivity contribution in [3.05, 3.63) is 40.3 Å². The van der Waals surface area contributed by atoms with Crippen LogP contribution in [0.4, 0.5) is 4.39 Å². The molecule has 1 aromatic carbocycles. The first kappa shape index (κ1) is 8.73. The smallest absolute Gasteiger partial charge is 0.149 e. The third-order valence-corrected chi connectivity index (χ3v) is 2.21. The summed E-state index contributed by atoms with van der Waals surface area (Å²) in [7, 11) is 0. The molecule has 0 saturated carbocycles. The minimum atomic E-state index is -0.415. The molecule has 0 amide bonds. The van der Waals surface area contributed by atoms with Gasteiger partial charge in [-0.2, -0.15) is 0 Å². The van der Waals surface area contributed by atoms with Gasteiger partial charge in [-0.05, 0) is 12.1 Å². The molecule has 0 bridgehead atoms. The Kier molecular flexibility index (Phi) is 2.10. The Morgan fingerprint density at radius 1 is 1.23 bits per heavy atom. The summed E-state index contributed by atoms with van der Waals surface area (Å²) in [5.41, 5.74) is 0.208. The molecule has 0 fully saturated rings. The minimum absolute atomic E-state index is 0.197. The van der Waals surface area contributed by atoms with Crippen molar-refractivity contribution >= 4 is 34.1 Å². The fraction of sp³-hybridized carbons (Fsp3) is 0. The largest absolute Gasteiger partial charge is 0.233 e. The zero-order valence-electron chi connectivity index (χ0n) is 6.39. The first-order valence-electron chi connectivity index (χ1n) is 3.59. The van der Waals surface area contributed by atoms with Gasteiger partial charge in [-0.15, -0.1) is 0 Å². The molecule has 2 rings (SSSR count). The van der Waals surface area contributed by atoms with Crippen molar-refractivity contribution in [1.82, 2.24) is 4.98 Å². The van der Waals surface area contributed by atoms with E-state index in [2.05, 4.69) is 4.98 Å². The monoisotopic (exact) mass is 215 g/mol. The lowest BCUT2D eigenvalue weighted by molar-refractivity contribution is 0.637. The SMILES string of the molecule is Fc1cccc2c(Cl)cc(Cl)nc12. The number of fused-ring (bicyclic) bond motifs is 1. The van der Waals surface area contributed by atoms with Crippen LogP contribution in [-0.4, -0.2) is 4.98 Å². The normalized spacial score (nSPS) is 10.7. The van der Waals surface area contributed by atoms with E-state index in [1.54, 1.807) is 12.1 Å². The molecule has 0 N–H and O–H groups in total. The highest BCUT2D eigenvalue weighted by atomic mass is 35.5. The summed E-state index contributed by atoms with van der Waals surface area (Å²) in [6.45, 7) is 0. The van der Waals surface area contributed by atoms with E-state index >= 15 is 0 Å². The van der Waals surface area contributed by atoms with Crippen molar-refractivity contribution < 1.29 is 4.39 Å². The van der Waals surface area contributed by atoms with E-state index in [0.717, 1.165) is 0 Å². The molecular formula is C9H4Cl2FN. The Balaban J connectivity index is 2.94. The lowest BCUT2D eigenvalue weighted by Crippen LogP contribution is -1.85. The number of benzene rings is 1. The number of rotatable bonds is 0. The average Bonchev–Trinajstić information content (AvgIpc) is 2.07. The van der Waals surface area contributed by atoms with Gasteiger partial charge in [-0.3, -0.25) is 0 Å². The molecule has 0 atom stereocenters. The number of pyridine rings is 1. The zero-order chi connectivity index (χ0) is 9.42. The van der Waals surface area contributed by atoms with Gasteiger partial charge >= 0.3 is 0 Å². The van der Waals surface area contributed by atoms with E-state index in [-0.39, 0.29) is 10.7 Å². The van der Waals surface area contributed by atoms with E-state index in [9.17, 15) is 4.39 Å². The van der Waals surface area contributed by atoms with E-state index in [0.29, 0.717) is 10.4 Å². The maximum absolute atomic E-state index is 13.2. The van der Waals surface area contributed by atoms with Gasteiger partial charge < -0.3 is 0 Å².